The molecule has 0 N–H and O–H groups in total. The molecule has 0 heterocycles. The minimum absolute atomic E-state index is 0.500. The number of rotatable bonds is 2. The predicted octanol–water partition coefficient (Wildman–Crippen LogP) is 3.04. The molecule has 0 saturated carbocycles. The lowest BCUT2D eigenvalue weighted by molar-refractivity contribution is 0.408. The van der Waals surface area contributed by atoms with Crippen LogP contribution in [0, 0.1) is 3.57 Å². The zero-order valence-electron chi connectivity index (χ0n) is 6.10. The summed E-state index contributed by atoms with van der Waals surface area (Å²) in [6.45, 7) is 0. The molecule has 0 radical (unpaired) electrons. The number of para-hydroxylation sites is 1. The molecule has 0 aliphatic carbocycles. The first-order valence-corrected chi connectivity index (χ1v) is 4.78. The minimum atomic E-state index is 0.500. The molecular weight excluding hydrogens is 274 g/mol. The van der Waals surface area contributed by atoms with Crippen LogP contribution in [0.2, 0.25) is 0 Å². The van der Waals surface area contributed by atoms with E-state index < -0.39 is 0 Å². The Hall–Kier alpha value is 0.0400. The Kier molecular flexibility index (Phi) is 3.45. The third-order valence-corrected chi connectivity index (χ3v) is 2.53. The maximum absolute atomic E-state index is 5.70. The van der Waals surface area contributed by atoms with Crippen molar-refractivity contribution in [3.05, 3.63) is 27.3 Å². The van der Waals surface area contributed by atoms with Crippen molar-refractivity contribution in [2.45, 2.75) is 5.88 Å². The molecule has 1 aromatic rings. The van der Waals surface area contributed by atoms with Crippen LogP contribution in [-0.4, -0.2) is 7.11 Å². The van der Waals surface area contributed by atoms with Crippen LogP contribution in [0.25, 0.3) is 0 Å². The van der Waals surface area contributed by atoms with E-state index in [9.17, 15) is 0 Å². The van der Waals surface area contributed by atoms with Gasteiger partial charge in [0.1, 0.15) is 5.75 Å². The Morgan fingerprint density at radius 1 is 1.55 bits per heavy atom. The molecule has 0 saturated heterocycles. The van der Waals surface area contributed by atoms with Crippen molar-refractivity contribution in [1.29, 1.82) is 0 Å². The molecule has 0 amide bonds. The van der Waals surface area contributed by atoms with Crippen molar-refractivity contribution in [1.82, 2.24) is 0 Å². The van der Waals surface area contributed by atoms with Crippen LogP contribution >= 0.6 is 34.2 Å². The van der Waals surface area contributed by atoms with Gasteiger partial charge in [-0.15, -0.1) is 11.6 Å². The lowest BCUT2D eigenvalue weighted by Crippen LogP contribution is -1.91. The van der Waals surface area contributed by atoms with Crippen molar-refractivity contribution < 1.29 is 4.74 Å². The van der Waals surface area contributed by atoms with Crippen molar-refractivity contribution in [2.75, 3.05) is 7.11 Å². The van der Waals surface area contributed by atoms with Gasteiger partial charge >= 0.3 is 0 Å². The molecule has 0 spiro atoms. The van der Waals surface area contributed by atoms with E-state index in [1.54, 1.807) is 7.11 Å². The van der Waals surface area contributed by atoms with Gasteiger partial charge in [0.15, 0.2) is 0 Å². The Morgan fingerprint density at radius 2 is 2.27 bits per heavy atom. The van der Waals surface area contributed by atoms with E-state index in [-0.39, 0.29) is 0 Å². The standard InChI is InChI=1S/C8H8ClIO/c1-11-8-6(5-9)3-2-4-7(8)10/h2-4H,5H2,1H3. The normalized spacial score (nSPS) is 9.73. The number of methoxy groups -OCH3 is 1. The van der Waals surface area contributed by atoms with Crippen molar-refractivity contribution in [3.8, 4) is 5.75 Å². The molecule has 0 fully saturated rings. The molecule has 11 heavy (non-hydrogen) atoms. The van der Waals surface area contributed by atoms with Gasteiger partial charge in [0.25, 0.3) is 0 Å². The highest BCUT2D eigenvalue weighted by atomic mass is 127. The smallest absolute Gasteiger partial charge is 0.136 e. The number of hydrogen-bond acceptors (Lipinski definition) is 1. The quantitative estimate of drug-likeness (QED) is 0.598. The second-order valence-corrected chi connectivity index (χ2v) is 3.50. The average Bonchev–Trinajstić information content (AvgIpc) is 2.04. The highest BCUT2D eigenvalue weighted by Gasteiger charge is 2.03. The van der Waals surface area contributed by atoms with E-state index in [0.29, 0.717) is 5.88 Å². The Bertz CT molecular complexity index is 250. The van der Waals surface area contributed by atoms with Crippen LogP contribution in [0.4, 0.5) is 0 Å². The molecule has 1 rings (SSSR count). The topological polar surface area (TPSA) is 9.23 Å². The lowest BCUT2D eigenvalue weighted by atomic mass is 10.2. The van der Waals surface area contributed by atoms with Crippen LogP contribution in [0.1, 0.15) is 5.56 Å². The second-order valence-electron chi connectivity index (χ2n) is 2.07. The zero-order chi connectivity index (χ0) is 8.27. The molecule has 0 aliphatic rings. The Labute approximate surface area is 84.8 Å². The first-order valence-electron chi connectivity index (χ1n) is 3.17. The SMILES string of the molecule is COc1c(I)cccc1CCl. The summed E-state index contributed by atoms with van der Waals surface area (Å²) in [6, 6.07) is 5.94. The minimum Gasteiger partial charge on any atom is -0.495 e. The van der Waals surface area contributed by atoms with Crippen LogP contribution in [0.15, 0.2) is 18.2 Å². The van der Waals surface area contributed by atoms with Crippen LogP contribution in [0.5, 0.6) is 5.75 Å². The molecular formula is C8H8ClIO. The molecule has 0 bridgehead atoms. The van der Waals surface area contributed by atoms with E-state index >= 15 is 0 Å². The summed E-state index contributed by atoms with van der Waals surface area (Å²) < 4.78 is 6.28. The van der Waals surface area contributed by atoms with Gasteiger partial charge in [0, 0.05) is 5.56 Å². The summed E-state index contributed by atoms with van der Waals surface area (Å²) in [4.78, 5) is 0. The number of halogens is 2. The molecule has 0 unspecified atom stereocenters. The fraction of sp³-hybridized carbons (Fsp3) is 0.250. The van der Waals surface area contributed by atoms with E-state index in [0.717, 1.165) is 14.9 Å². The number of hydrogen-bond donors (Lipinski definition) is 0. The van der Waals surface area contributed by atoms with E-state index in [2.05, 4.69) is 22.6 Å². The van der Waals surface area contributed by atoms with Gasteiger partial charge in [-0.05, 0) is 28.7 Å². The molecule has 3 heteroatoms. The van der Waals surface area contributed by atoms with E-state index in [1.807, 2.05) is 18.2 Å². The van der Waals surface area contributed by atoms with Gasteiger partial charge < -0.3 is 4.74 Å². The maximum atomic E-state index is 5.70. The fourth-order valence-electron chi connectivity index (χ4n) is 0.887. The molecule has 0 aromatic heterocycles. The van der Waals surface area contributed by atoms with Gasteiger partial charge in [-0.3, -0.25) is 0 Å². The van der Waals surface area contributed by atoms with Crippen molar-refractivity contribution >= 4 is 34.2 Å². The monoisotopic (exact) mass is 282 g/mol. The first-order chi connectivity index (χ1) is 5.29. The summed E-state index contributed by atoms with van der Waals surface area (Å²) >= 11 is 7.93. The summed E-state index contributed by atoms with van der Waals surface area (Å²) in [5.41, 5.74) is 1.04. The van der Waals surface area contributed by atoms with Crippen LogP contribution in [0.3, 0.4) is 0 Å². The Morgan fingerprint density at radius 3 is 2.73 bits per heavy atom. The molecule has 1 aromatic carbocycles. The second kappa shape index (κ2) is 4.16. The Balaban J connectivity index is 3.13. The third-order valence-electron chi connectivity index (χ3n) is 1.40. The molecule has 60 valence electrons. The van der Waals surface area contributed by atoms with Crippen LogP contribution < -0.4 is 4.74 Å². The van der Waals surface area contributed by atoms with Crippen LogP contribution in [-0.2, 0) is 5.88 Å². The average molecular weight is 283 g/mol. The van der Waals surface area contributed by atoms with E-state index in [1.165, 1.54) is 0 Å². The third kappa shape index (κ3) is 1.99. The van der Waals surface area contributed by atoms with Gasteiger partial charge in [-0.1, -0.05) is 12.1 Å². The molecule has 0 aliphatic heterocycles. The zero-order valence-corrected chi connectivity index (χ0v) is 9.02. The van der Waals surface area contributed by atoms with Gasteiger partial charge in [-0.25, -0.2) is 0 Å². The summed E-state index contributed by atoms with van der Waals surface area (Å²) in [5, 5.41) is 0. The van der Waals surface area contributed by atoms with E-state index in [4.69, 9.17) is 16.3 Å². The first kappa shape index (κ1) is 9.13. The van der Waals surface area contributed by atoms with Crippen molar-refractivity contribution in [3.63, 3.8) is 0 Å². The fourth-order valence-corrected chi connectivity index (χ4v) is 1.87. The summed E-state index contributed by atoms with van der Waals surface area (Å²) in [6.07, 6.45) is 0. The summed E-state index contributed by atoms with van der Waals surface area (Å²) in [7, 11) is 1.66. The molecule has 0 atom stereocenters. The van der Waals surface area contributed by atoms with Crippen molar-refractivity contribution in [2.24, 2.45) is 0 Å². The maximum Gasteiger partial charge on any atom is 0.136 e. The van der Waals surface area contributed by atoms with Gasteiger partial charge in [-0.2, -0.15) is 0 Å². The highest BCUT2D eigenvalue weighted by molar-refractivity contribution is 14.1. The number of alkyl halides is 1. The van der Waals surface area contributed by atoms with Gasteiger partial charge in [0.05, 0.1) is 16.6 Å². The largest absolute Gasteiger partial charge is 0.495 e. The summed E-state index contributed by atoms with van der Waals surface area (Å²) in [5.74, 6) is 1.39. The lowest BCUT2D eigenvalue weighted by Gasteiger charge is -2.06. The van der Waals surface area contributed by atoms with Gasteiger partial charge in [0.2, 0.25) is 0 Å². The number of ether oxygens (including phenoxy) is 1. The number of benzene rings is 1. The predicted molar refractivity (Wildman–Crippen MR) is 55.3 cm³/mol. The molecule has 1 nitrogen and oxygen atoms in total. The highest BCUT2D eigenvalue weighted by Crippen LogP contribution is 2.26.